The summed E-state index contributed by atoms with van der Waals surface area (Å²) in [6.07, 6.45) is 3.50. The van der Waals surface area contributed by atoms with E-state index in [1.165, 1.54) is 13.0 Å². The van der Waals surface area contributed by atoms with Crippen molar-refractivity contribution >= 4 is 31.7 Å². The zero-order valence-corrected chi connectivity index (χ0v) is 16.7. The number of pyridine rings is 1. The molecule has 6 nitrogen and oxygen atoms in total. The standard InChI is InChI=1S/C18H15F3N2O4S2/c1-2-29(25,26)15-7-11(10-3-4-10)9-22-16(15)17-23-13-8-12(5-6-14(13)27-17)28(24)18(19,20)21/h5-10H,2-4H2,1H3/t28-/m0/s1. The van der Waals surface area contributed by atoms with Gasteiger partial charge in [0.1, 0.15) is 11.2 Å². The first-order valence-electron chi connectivity index (χ1n) is 8.72. The van der Waals surface area contributed by atoms with Crippen molar-refractivity contribution in [2.75, 3.05) is 5.75 Å². The van der Waals surface area contributed by atoms with Crippen molar-refractivity contribution in [3.05, 3.63) is 36.0 Å². The fourth-order valence-corrected chi connectivity index (χ4v) is 4.65. The Morgan fingerprint density at radius 3 is 2.59 bits per heavy atom. The Kier molecular flexibility index (Phi) is 4.77. The van der Waals surface area contributed by atoms with Crippen molar-refractivity contribution in [2.45, 2.75) is 41.0 Å². The minimum absolute atomic E-state index is 0.00550. The molecule has 0 saturated heterocycles. The summed E-state index contributed by atoms with van der Waals surface area (Å²) in [4.78, 5) is 7.86. The number of alkyl halides is 3. The molecule has 3 aromatic rings. The molecule has 2 aromatic heterocycles. The number of sulfone groups is 1. The highest BCUT2D eigenvalue weighted by molar-refractivity contribution is 7.91. The maximum atomic E-state index is 12.7. The summed E-state index contributed by atoms with van der Waals surface area (Å²) in [7, 11) is -6.85. The molecule has 1 aliphatic carbocycles. The summed E-state index contributed by atoms with van der Waals surface area (Å²) in [5, 5.41) is 0. The van der Waals surface area contributed by atoms with E-state index in [0.717, 1.165) is 30.5 Å². The number of hydrogen-bond acceptors (Lipinski definition) is 6. The van der Waals surface area contributed by atoms with Crippen LogP contribution in [0.15, 0.2) is 44.7 Å². The van der Waals surface area contributed by atoms with E-state index >= 15 is 0 Å². The summed E-state index contributed by atoms with van der Waals surface area (Å²) in [5.41, 5.74) is -3.91. The Hall–Kier alpha value is -2.27. The van der Waals surface area contributed by atoms with Crippen LogP contribution in [0.5, 0.6) is 0 Å². The van der Waals surface area contributed by atoms with Gasteiger partial charge in [0.2, 0.25) is 5.89 Å². The van der Waals surface area contributed by atoms with Gasteiger partial charge in [-0.2, -0.15) is 13.2 Å². The zero-order valence-electron chi connectivity index (χ0n) is 15.1. The van der Waals surface area contributed by atoms with E-state index in [0.29, 0.717) is 0 Å². The molecule has 0 aliphatic heterocycles. The van der Waals surface area contributed by atoms with Crippen LogP contribution >= 0.6 is 0 Å². The van der Waals surface area contributed by atoms with Crippen molar-refractivity contribution in [1.82, 2.24) is 9.97 Å². The van der Waals surface area contributed by atoms with Gasteiger partial charge >= 0.3 is 5.51 Å². The Labute approximate surface area is 166 Å². The Balaban J connectivity index is 1.83. The molecule has 4 rings (SSSR count). The van der Waals surface area contributed by atoms with Crippen LogP contribution in [0.2, 0.25) is 0 Å². The lowest BCUT2D eigenvalue weighted by molar-refractivity contribution is -0.0384. The van der Waals surface area contributed by atoms with Gasteiger partial charge in [0, 0.05) is 6.20 Å². The first-order valence-corrected chi connectivity index (χ1v) is 11.5. The number of hydrogen-bond donors (Lipinski definition) is 0. The average molecular weight is 444 g/mol. The largest absolute Gasteiger partial charge is 0.475 e. The molecule has 0 radical (unpaired) electrons. The quantitative estimate of drug-likeness (QED) is 0.586. The second-order valence-electron chi connectivity index (χ2n) is 6.66. The van der Waals surface area contributed by atoms with E-state index in [1.807, 2.05) is 0 Å². The van der Waals surface area contributed by atoms with Crippen LogP contribution in [0, 0.1) is 0 Å². The van der Waals surface area contributed by atoms with E-state index in [-0.39, 0.29) is 39.3 Å². The Morgan fingerprint density at radius 1 is 1.24 bits per heavy atom. The molecule has 29 heavy (non-hydrogen) atoms. The zero-order chi connectivity index (χ0) is 21.0. The highest BCUT2D eigenvalue weighted by Crippen LogP contribution is 2.41. The fourth-order valence-electron chi connectivity index (χ4n) is 2.91. The van der Waals surface area contributed by atoms with Crippen molar-refractivity contribution < 1.29 is 30.2 Å². The molecule has 1 fully saturated rings. The number of oxazole rings is 1. The minimum atomic E-state index is -4.90. The van der Waals surface area contributed by atoms with Crippen LogP contribution < -0.4 is 0 Å². The van der Waals surface area contributed by atoms with Gasteiger partial charge in [0.25, 0.3) is 0 Å². The Morgan fingerprint density at radius 2 is 1.97 bits per heavy atom. The lowest BCUT2D eigenvalue weighted by Gasteiger charge is -2.08. The van der Waals surface area contributed by atoms with E-state index in [9.17, 15) is 25.8 Å². The average Bonchev–Trinajstić information content (AvgIpc) is 3.44. The molecular weight excluding hydrogens is 429 g/mol. The molecule has 154 valence electrons. The van der Waals surface area contributed by atoms with Crippen LogP contribution in [0.3, 0.4) is 0 Å². The van der Waals surface area contributed by atoms with Crippen LogP contribution in [-0.2, 0) is 20.6 Å². The van der Waals surface area contributed by atoms with Crippen LogP contribution in [0.4, 0.5) is 13.2 Å². The molecule has 0 unspecified atom stereocenters. The summed E-state index contributed by atoms with van der Waals surface area (Å²) >= 11 is 0. The maximum Gasteiger partial charge on any atom is 0.475 e. The van der Waals surface area contributed by atoms with Crippen molar-refractivity contribution in [2.24, 2.45) is 0 Å². The third kappa shape index (κ3) is 3.80. The van der Waals surface area contributed by atoms with Gasteiger partial charge in [0.15, 0.2) is 26.2 Å². The molecule has 2 heterocycles. The fraction of sp³-hybridized carbons (Fsp3) is 0.333. The molecular formula is C18H15F3N2O4S2. The van der Waals surface area contributed by atoms with Gasteiger partial charge in [0.05, 0.1) is 15.5 Å². The first kappa shape index (κ1) is 20.0. The molecule has 11 heteroatoms. The smallest absolute Gasteiger partial charge is 0.435 e. The van der Waals surface area contributed by atoms with E-state index in [2.05, 4.69) is 9.97 Å². The molecule has 0 spiro atoms. The third-order valence-corrected chi connectivity index (χ3v) is 7.47. The van der Waals surface area contributed by atoms with Gasteiger partial charge in [-0.3, -0.25) is 0 Å². The first-order chi connectivity index (χ1) is 13.6. The maximum absolute atomic E-state index is 12.7. The van der Waals surface area contributed by atoms with Gasteiger partial charge in [-0.15, -0.1) is 0 Å². The Bertz CT molecular complexity index is 1230. The highest BCUT2D eigenvalue weighted by atomic mass is 32.2. The monoisotopic (exact) mass is 444 g/mol. The van der Waals surface area contributed by atoms with Crippen LogP contribution in [0.25, 0.3) is 22.7 Å². The predicted molar refractivity (Wildman–Crippen MR) is 99.4 cm³/mol. The van der Waals surface area contributed by atoms with Crippen molar-refractivity contribution in [3.8, 4) is 11.6 Å². The molecule has 0 bridgehead atoms. The minimum Gasteiger partial charge on any atom is -0.435 e. The van der Waals surface area contributed by atoms with E-state index in [1.54, 1.807) is 12.3 Å². The van der Waals surface area contributed by atoms with E-state index < -0.39 is 31.0 Å². The second-order valence-corrected chi connectivity index (χ2v) is 10.4. The summed E-state index contributed by atoms with van der Waals surface area (Å²) in [5.74, 6) is 0.0142. The SMILES string of the molecule is CCS(=O)(=O)c1cc(C2CC2)cnc1-c1nc2cc([S@](=O)C(F)(F)F)ccc2o1. The molecule has 0 amide bonds. The number of benzene rings is 1. The number of nitrogens with zero attached hydrogens (tertiary/aromatic N) is 2. The topological polar surface area (TPSA) is 90.1 Å². The molecule has 0 N–H and O–H groups in total. The van der Waals surface area contributed by atoms with Gasteiger partial charge in [-0.1, -0.05) is 6.92 Å². The summed E-state index contributed by atoms with van der Waals surface area (Å²) in [6.45, 7) is 1.51. The summed E-state index contributed by atoms with van der Waals surface area (Å²) < 4.78 is 80.4. The number of rotatable bonds is 5. The van der Waals surface area contributed by atoms with Crippen LogP contribution in [0.1, 0.15) is 31.2 Å². The van der Waals surface area contributed by atoms with Gasteiger partial charge < -0.3 is 4.42 Å². The van der Waals surface area contributed by atoms with E-state index in [4.69, 9.17) is 4.42 Å². The van der Waals surface area contributed by atoms with Crippen molar-refractivity contribution in [3.63, 3.8) is 0 Å². The summed E-state index contributed by atoms with van der Waals surface area (Å²) in [6, 6.07) is 4.84. The molecule has 1 aromatic carbocycles. The number of aromatic nitrogens is 2. The molecule has 1 atom stereocenters. The third-order valence-electron chi connectivity index (χ3n) is 4.62. The van der Waals surface area contributed by atoms with Crippen LogP contribution in [-0.4, -0.2) is 33.9 Å². The van der Waals surface area contributed by atoms with Crippen molar-refractivity contribution in [1.29, 1.82) is 0 Å². The second kappa shape index (κ2) is 6.91. The molecule has 1 saturated carbocycles. The predicted octanol–water partition coefficient (Wildman–Crippen LogP) is 4.19. The number of halogens is 3. The normalized spacial score (nSPS) is 16.3. The lowest BCUT2D eigenvalue weighted by atomic mass is 10.2. The molecule has 1 aliphatic rings. The highest BCUT2D eigenvalue weighted by Gasteiger charge is 2.38. The van der Waals surface area contributed by atoms with Gasteiger partial charge in [-0.25, -0.2) is 22.6 Å². The van der Waals surface area contributed by atoms with Gasteiger partial charge in [-0.05, 0) is 48.6 Å². The number of fused-ring (bicyclic) bond motifs is 1. The lowest BCUT2D eigenvalue weighted by Crippen LogP contribution is -2.16.